The lowest BCUT2D eigenvalue weighted by molar-refractivity contribution is 0.0690. The lowest BCUT2D eigenvalue weighted by atomic mass is 10.1. The van der Waals surface area contributed by atoms with E-state index in [2.05, 4.69) is 4.98 Å². The number of aromatic carboxylic acids is 1. The van der Waals surface area contributed by atoms with Gasteiger partial charge in [0.05, 0.1) is 11.3 Å². The van der Waals surface area contributed by atoms with E-state index in [1.54, 1.807) is 18.7 Å². The molecule has 6 heteroatoms. The Morgan fingerprint density at radius 1 is 1.50 bits per heavy atom. The van der Waals surface area contributed by atoms with Gasteiger partial charge >= 0.3 is 5.97 Å². The zero-order valence-electron chi connectivity index (χ0n) is 11.6. The molecule has 0 radical (unpaired) electrons. The third kappa shape index (κ3) is 2.95. The van der Waals surface area contributed by atoms with Crippen molar-refractivity contribution in [1.29, 1.82) is 0 Å². The van der Waals surface area contributed by atoms with Crippen LogP contribution in [0.25, 0.3) is 0 Å². The van der Waals surface area contributed by atoms with Crippen LogP contribution in [0.3, 0.4) is 0 Å². The summed E-state index contributed by atoms with van der Waals surface area (Å²) in [6.45, 7) is 2.37. The molecule has 1 atom stereocenters. The second-order valence-corrected chi connectivity index (χ2v) is 5.80. The van der Waals surface area contributed by atoms with Crippen LogP contribution in [0.5, 0.6) is 0 Å². The van der Waals surface area contributed by atoms with Gasteiger partial charge in [-0.1, -0.05) is 0 Å². The minimum atomic E-state index is -1.02. The van der Waals surface area contributed by atoms with Crippen LogP contribution in [-0.4, -0.2) is 51.5 Å². The maximum absolute atomic E-state index is 12.5. The molecule has 2 rings (SSSR count). The summed E-state index contributed by atoms with van der Waals surface area (Å²) >= 11 is 1.73. The first-order valence-electron chi connectivity index (χ1n) is 6.55. The number of carboxylic acid groups (broad SMARTS) is 1. The normalized spacial score (nSPS) is 18.3. The van der Waals surface area contributed by atoms with Crippen LogP contribution in [0.4, 0.5) is 0 Å². The number of aromatic nitrogens is 1. The Balaban J connectivity index is 2.21. The molecule has 0 bridgehead atoms. The highest BCUT2D eigenvalue weighted by molar-refractivity contribution is 7.98. The van der Waals surface area contributed by atoms with E-state index < -0.39 is 5.97 Å². The number of aryl methyl sites for hydroxylation is 1. The number of carbonyl (C=O) groups excluding carboxylic acids is 1. The third-order valence-electron chi connectivity index (χ3n) is 3.53. The van der Waals surface area contributed by atoms with Gasteiger partial charge in [0, 0.05) is 18.3 Å². The molecule has 5 nitrogen and oxygen atoms in total. The van der Waals surface area contributed by atoms with E-state index in [1.807, 2.05) is 11.2 Å². The van der Waals surface area contributed by atoms with Crippen molar-refractivity contribution in [3.8, 4) is 0 Å². The molecule has 1 saturated heterocycles. The van der Waals surface area contributed by atoms with Crippen molar-refractivity contribution in [2.45, 2.75) is 25.8 Å². The number of carboxylic acids is 1. The van der Waals surface area contributed by atoms with Gasteiger partial charge in [-0.15, -0.1) is 0 Å². The van der Waals surface area contributed by atoms with Gasteiger partial charge in [-0.3, -0.25) is 4.79 Å². The number of likely N-dealkylation sites (tertiary alicyclic amines) is 1. The average Bonchev–Trinajstić information content (AvgIpc) is 2.86. The molecule has 1 aromatic heterocycles. The number of hydrogen-bond donors (Lipinski definition) is 1. The molecular formula is C14H18N2O3S. The van der Waals surface area contributed by atoms with Crippen molar-refractivity contribution in [3.05, 3.63) is 29.1 Å². The minimum absolute atomic E-state index is 0.0958. The van der Waals surface area contributed by atoms with E-state index in [0.29, 0.717) is 11.4 Å². The van der Waals surface area contributed by atoms with E-state index in [1.165, 1.54) is 12.1 Å². The van der Waals surface area contributed by atoms with Crippen molar-refractivity contribution in [2.75, 3.05) is 18.6 Å². The fraction of sp³-hybridized carbons (Fsp3) is 0.500. The second kappa shape index (κ2) is 6.26. The number of hydrogen-bond acceptors (Lipinski definition) is 4. The predicted octanol–water partition coefficient (Wildman–Crippen LogP) is 2.06. The molecule has 0 aliphatic carbocycles. The van der Waals surface area contributed by atoms with E-state index >= 15 is 0 Å². The highest BCUT2D eigenvalue weighted by Gasteiger charge is 2.29. The van der Waals surface area contributed by atoms with E-state index in [0.717, 1.165) is 25.1 Å². The molecule has 1 aliphatic heterocycles. The highest BCUT2D eigenvalue weighted by Crippen LogP contribution is 2.22. The van der Waals surface area contributed by atoms with Gasteiger partial charge in [0.1, 0.15) is 5.69 Å². The highest BCUT2D eigenvalue weighted by atomic mass is 32.2. The van der Waals surface area contributed by atoms with Gasteiger partial charge in [0.15, 0.2) is 0 Å². The van der Waals surface area contributed by atoms with Crippen LogP contribution in [0.2, 0.25) is 0 Å². The molecule has 0 aromatic carbocycles. The molecule has 1 aliphatic rings. The summed E-state index contributed by atoms with van der Waals surface area (Å²) in [7, 11) is 0. The number of rotatable bonds is 4. The van der Waals surface area contributed by atoms with Crippen LogP contribution >= 0.6 is 11.8 Å². The summed E-state index contributed by atoms with van der Waals surface area (Å²) in [5.74, 6) is -0.185. The van der Waals surface area contributed by atoms with Crippen molar-refractivity contribution in [3.63, 3.8) is 0 Å². The minimum Gasteiger partial charge on any atom is -0.478 e. The molecule has 2 heterocycles. The monoisotopic (exact) mass is 294 g/mol. The van der Waals surface area contributed by atoms with Crippen LogP contribution in [0.15, 0.2) is 12.1 Å². The molecule has 20 heavy (non-hydrogen) atoms. The van der Waals surface area contributed by atoms with Crippen LogP contribution in [-0.2, 0) is 0 Å². The van der Waals surface area contributed by atoms with E-state index in [9.17, 15) is 9.59 Å². The Labute approximate surface area is 122 Å². The van der Waals surface area contributed by atoms with Crippen LogP contribution in [0, 0.1) is 6.92 Å². The molecule has 1 fully saturated rings. The topological polar surface area (TPSA) is 70.5 Å². The number of pyridine rings is 1. The van der Waals surface area contributed by atoms with Gasteiger partial charge in [-0.25, -0.2) is 9.78 Å². The third-order valence-corrected chi connectivity index (χ3v) is 4.25. The van der Waals surface area contributed by atoms with Crippen LogP contribution < -0.4 is 0 Å². The lowest BCUT2D eigenvalue weighted by Gasteiger charge is -2.23. The Morgan fingerprint density at radius 3 is 2.85 bits per heavy atom. The largest absolute Gasteiger partial charge is 0.478 e. The average molecular weight is 294 g/mol. The molecule has 108 valence electrons. The molecule has 1 N–H and O–H groups in total. The summed E-state index contributed by atoms with van der Waals surface area (Å²) < 4.78 is 0. The number of thioether (sulfide) groups is 1. The summed E-state index contributed by atoms with van der Waals surface area (Å²) in [6.07, 6.45) is 4.08. The zero-order valence-corrected chi connectivity index (χ0v) is 12.4. The summed E-state index contributed by atoms with van der Waals surface area (Å²) in [5.41, 5.74) is 0.855. The van der Waals surface area contributed by atoms with E-state index in [4.69, 9.17) is 5.11 Å². The van der Waals surface area contributed by atoms with Crippen molar-refractivity contribution in [1.82, 2.24) is 9.88 Å². The predicted molar refractivity (Wildman–Crippen MR) is 78.4 cm³/mol. The second-order valence-electron chi connectivity index (χ2n) is 4.88. The first-order chi connectivity index (χ1) is 9.54. The van der Waals surface area contributed by atoms with E-state index in [-0.39, 0.29) is 17.5 Å². The molecule has 1 aromatic rings. The smallest absolute Gasteiger partial charge is 0.337 e. The first-order valence-corrected chi connectivity index (χ1v) is 7.95. The van der Waals surface area contributed by atoms with Crippen LogP contribution in [0.1, 0.15) is 39.4 Å². The fourth-order valence-corrected chi connectivity index (χ4v) is 3.25. The summed E-state index contributed by atoms with van der Waals surface area (Å²) in [4.78, 5) is 29.4. The zero-order chi connectivity index (χ0) is 14.7. The Hall–Kier alpha value is -1.56. The standard InChI is InChI=1S/C14H18N2O3S/c1-9-11(14(18)19)5-6-12(15-9)13(17)16-7-3-4-10(16)8-20-2/h5-6,10H,3-4,7-8H2,1-2H3,(H,18,19). The fourth-order valence-electron chi connectivity index (χ4n) is 2.52. The maximum atomic E-state index is 12.5. The van der Waals surface area contributed by atoms with Gasteiger partial charge in [-0.2, -0.15) is 11.8 Å². The Bertz CT molecular complexity index is 533. The SMILES string of the molecule is CSCC1CCCN1C(=O)c1ccc(C(=O)O)c(C)n1. The van der Waals surface area contributed by atoms with Gasteiger partial charge in [-0.05, 0) is 38.2 Å². The Morgan fingerprint density at radius 2 is 2.25 bits per heavy atom. The maximum Gasteiger partial charge on any atom is 0.337 e. The molecule has 0 saturated carbocycles. The van der Waals surface area contributed by atoms with Crippen molar-refractivity contribution in [2.24, 2.45) is 0 Å². The summed E-state index contributed by atoms with van der Waals surface area (Å²) in [5, 5.41) is 8.98. The number of carbonyl (C=O) groups is 2. The Kier molecular flexibility index (Phi) is 4.65. The number of amides is 1. The van der Waals surface area contributed by atoms with Gasteiger partial charge in [0.25, 0.3) is 5.91 Å². The quantitative estimate of drug-likeness (QED) is 0.920. The lowest BCUT2D eigenvalue weighted by Crippen LogP contribution is -2.37. The molecule has 1 unspecified atom stereocenters. The van der Waals surface area contributed by atoms with Gasteiger partial charge < -0.3 is 10.0 Å². The summed E-state index contributed by atoms with van der Waals surface area (Å²) in [6, 6.07) is 3.23. The van der Waals surface area contributed by atoms with Crippen molar-refractivity contribution >= 4 is 23.6 Å². The van der Waals surface area contributed by atoms with Crippen molar-refractivity contribution < 1.29 is 14.7 Å². The van der Waals surface area contributed by atoms with Gasteiger partial charge in [0.2, 0.25) is 0 Å². The molecule has 0 spiro atoms. The number of nitrogens with zero attached hydrogens (tertiary/aromatic N) is 2. The molecular weight excluding hydrogens is 276 g/mol. The molecule has 1 amide bonds. The first kappa shape index (κ1) is 14.8.